The third kappa shape index (κ3) is 4.24. The maximum atomic E-state index is 2.42. The molecule has 1 aliphatic carbocycles. The van der Waals surface area contributed by atoms with Crippen LogP contribution in [-0.4, -0.2) is 0 Å². The van der Waals surface area contributed by atoms with Crippen LogP contribution in [0.4, 0.5) is 17.1 Å². The summed E-state index contributed by atoms with van der Waals surface area (Å²) >= 11 is 0. The second-order valence-electron chi connectivity index (χ2n) is 12.2. The summed E-state index contributed by atoms with van der Waals surface area (Å²) in [5.74, 6) is 0. The molecule has 0 amide bonds. The topological polar surface area (TPSA) is 3.24 Å². The predicted molar refractivity (Wildman–Crippen MR) is 187 cm³/mol. The molecule has 0 saturated heterocycles. The summed E-state index contributed by atoms with van der Waals surface area (Å²) in [6, 6.07) is 59.6. The van der Waals surface area contributed by atoms with E-state index in [-0.39, 0.29) is 5.41 Å². The van der Waals surface area contributed by atoms with Crippen LogP contribution in [0.15, 0.2) is 164 Å². The molecule has 0 atom stereocenters. The molecule has 0 spiro atoms. The van der Waals surface area contributed by atoms with Gasteiger partial charge in [0.2, 0.25) is 0 Å². The van der Waals surface area contributed by atoms with E-state index in [0.717, 1.165) is 17.1 Å². The third-order valence-electron chi connectivity index (χ3n) is 9.26. The maximum absolute atomic E-state index is 2.42. The van der Waals surface area contributed by atoms with E-state index in [9.17, 15) is 0 Å². The average Bonchev–Trinajstić information content (AvgIpc) is 3.31. The zero-order valence-electron chi connectivity index (χ0n) is 25.0. The largest absolute Gasteiger partial charge is 0.310 e. The van der Waals surface area contributed by atoms with E-state index >= 15 is 0 Å². The van der Waals surface area contributed by atoms with Crippen LogP contribution in [0.1, 0.15) is 25.0 Å². The van der Waals surface area contributed by atoms with Gasteiger partial charge in [-0.3, -0.25) is 0 Å². The Hall–Kier alpha value is -5.40. The molecule has 44 heavy (non-hydrogen) atoms. The fourth-order valence-electron chi connectivity index (χ4n) is 7.08. The Morgan fingerprint density at radius 3 is 1.89 bits per heavy atom. The lowest BCUT2D eigenvalue weighted by Crippen LogP contribution is -2.16. The van der Waals surface area contributed by atoms with Gasteiger partial charge in [0.15, 0.2) is 0 Å². The molecule has 210 valence electrons. The van der Waals surface area contributed by atoms with Gasteiger partial charge in [0, 0.05) is 22.4 Å². The molecule has 1 heteroatoms. The first-order valence-electron chi connectivity index (χ1n) is 15.4. The molecular formula is C43H33N. The highest BCUT2D eigenvalue weighted by atomic mass is 15.1. The fourth-order valence-corrected chi connectivity index (χ4v) is 7.08. The van der Waals surface area contributed by atoms with Crippen LogP contribution in [0.2, 0.25) is 0 Å². The number of rotatable bonds is 5. The summed E-state index contributed by atoms with van der Waals surface area (Å²) in [6.07, 6.45) is 0. The van der Waals surface area contributed by atoms with Crippen molar-refractivity contribution < 1.29 is 0 Å². The first-order valence-corrected chi connectivity index (χ1v) is 15.4. The number of hydrogen-bond acceptors (Lipinski definition) is 1. The second-order valence-corrected chi connectivity index (χ2v) is 12.2. The first-order chi connectivity index (χ1) is 21.6. The summed E-state index contributed by atoms with van der Waals surface area (Å²) in [5, 5.41) is 2.53. The molecule has 7 aromatic rings. The van der Waals surface area contributed by atoms with Gasteiger partial charge in [-0.2, -0.15) is 0 Å². The van der Waals surface area contributed by atoms with Crippen LogP contribution < -0.4 is 4.90 Å². The smallest absolute Gasteiger partial charge is 0.0540 e. The van der Waals surface area contributed by atoms with E-state index in [1.165, 1.54) is 55.3 Å². The van der Waals surface area contributed by atoms with E-state index in [1.54, 1.807) is 0 Å². The highest BCUT2D eigenvalue weighted by molar-refractivity contribution is 5.98. The van der Waals surface area contributed by atoms with Crippen molar-refractivity contribution in [2.24, 2.45) is 0 Å². The molecule has 0 aromatic heterocycles. The van der Waals surface area contributed by atoms with Gasteiger partial charge in [0.25, 0.3) is 0 Å². The van der Waals surface area contributed by atoms with Gasteiger partial charge in [0.05, 0.1) is 5.69 Å². The Kier molecular flexibility index (Phi) is 6.20. The molecular weight excluding hydrogens is 530 g/mol. The summed E-state index contributed by atoms with van der Waals surface area (Å²) in [5.41, 5.74) is 13.7. The zero-order chi connectivity index (χ0) is 29.7. The van der Waals surface area contributed by atoms with Crippen LogP contribution in [0.5, 0.6) is 0 Å². The highest BCUT2D eigenvalue weighted by Gasteiger charge is 2.35. The van der Waals surface area contributed by atoms with Crippen molar-refractivity contribution in [1.29, 1.82) is 0 Å². The highest BCUT2D eigenvalue weighted by Crippen LogP contribution is 2.51. The van der Waals surface area contributed by atoms with E-state index in [0.29, 0.717) is 0 Å². The minimum Gasteiger partial charge on any atom is -0.310 e. The molecule has 1 nitrogen and oxygen atoms in total. The van der Waals surface area contributed by atoms with Gasteiger partial charge < -0.3 is 4.90 Å². The zero-order valence-corrected chi connectivity index (χ0v) is 25.0. The predicted octanol–water partition coefficient (Wildman–Crippen LogP) is 11.9. The van der Waals surface area contributed by atoms with Crippen LogP contribution >= 0.6 is 0 Å². The maximum Gasteiger partial charge on any atom is 0.0540 e. The van der Waals surface area contributed by atoms with Gasteiger partial charge in [-0.15, -0.1) is 0 Å². The van der Waals surface area contributed by atoms with Crippen LogP contribution in [0.3, 0.4) is 0 Å². The number of nitrogens with zero attached hydrogens (tertiary/aromatic N) is 1. The van der Waals surface area contributed by atoms with Crippen molar-refractivity contribution in [1.82, 2.24) is 0 Å². The normalized spacial score (nSPS) is 13.0. The molecule has 0 bridgehead atoms. The number of para-hydroxylation sites is 2. The van der Waals surface area contributed by atoms with Crippen LogP contribution in [0.25, 0.3) is 44.2 Å². The molecule has 0 N–H and O–H groups in total. The standard InChI is InChI=1S/C43H33N/c1-43(2)40-24-10-8-22-38(40)39-27-26-34(29-41(39)43)44(33-18-4-3-5-19-33)42-25-11-9-21-37(42)32-17-12-16-31(28-32)36-23-13-15-30-14-6-7-20-35(30)36/h3-29H,1-2H3. The Morgan fingerprint density at radius 1 is 0.409 bits per heavy atom. The first kappa shape index (κ1) is 26.2. The minimum absolute atomic E-state index is 0.0728. The second kappa shape index (κ2) is 10.4. The Labute approximate surface area is 259 Å². The van der Waals surface area contributed by atoms with E-state index in [1.807, 2.05) is 0 Å². The number of hydrogen-bond donors (Lipinski definition) is 0. The molecule has 0 saturated carbocycles. The van der Waals surface area contributed by atoms with Gasteiger partial charge in [0.1, 0.15) is 0 Å². The van der Waals surface area contributed by atoms with E-state index in [4.69, 9.17) is 0 Å². The summed E-state index contributed by atoms with van der Waals surface area (Å²) in [4.78, 5) is 2.42. The molecule has 0 fully saturated rings. The summed E-state index contributed by atoms with van der Waals surface area (Å²) in [7, 11) is 0. The van der Waals surface area contributed by atoms with Crippen molar-refractivity contribution in [3.8, 4) is 33.4 Å². The Bertz CT molecular complexity index is 2150. The molecule has 0 radical (unpaired) electrons. The minimum atomic E-state index is -0.0728. The van der Waals surface area contributed by atoms with E-state index < -0.39 is 0 Å². The molecule has 1 aliphatic rings. The quantitative estimate of drug-likeness (QED) is 0.201. The van der Waals surface area contributed by atoms with Crippen molar-refractivity contribution in [3.63, 3.8) is 0 Å². The summed E-state index contributed by atoms with van der Waals surface area (Å²) < 4.78 is 0. The Balaban J connectivity index is 1.29. The molecule has 7 aromatic carbocycles. The summed E-state index contributed by atoms with van der Waals surface area (Å²) in [6.45, 7) is 4.70. The van der Waals surface area contributed by atoms with Crippen LogP contribution in [-0.2, 0) is 5.41 Å². The van der Waals surface area contributed by atoms with Crippen molar-refractivity contribution in [2.45, 2.75) is 19.3 Å². The molecule has 0 heterocycles. The lowest BCUT2D eigenvalue weighted by molar-refractivity contribution is 0.660. The monoisotopic (exact) mass is 563 g/mol. The van der Waals surface area contributed by atoms with Crippen molar-refractivity contribution >= 4 is 27.8 Å². The van der Waals surface area contributed by atoms with Gasteiger partial charge in [-0.25, -0.2) is 0 Å². The van der Waals surface area contributed by atoms with Crippen molar-refractivity contribution in [3.05, 3.63) is 175 Å². The van der Waals surface area contributed by atoms with Gasteiger partial charge in [-0.1, -0.05) is 141 Å². The Morgan fingerprint density at radius 2 is 1.02 bits per heavy atom. The van der Waals surface area contributed by atoms with Crippen molar-refractivity contribution in [2.75, 3.05) is 4.90 Å². The lowest BCUT2D eigenvalue weighted by Gasteiger charge is -2.29. The number of fused-ring (bicyclic) bond motifs is 4. The SMILES string of the molecule is CC1(C)c2ccccc2-c2ccc(N(c3ccccc3)c3ccccc3-c3cccc(-c4cccc5ccccc45)c3)cc21. The number of anilines is 3. The van der Waals surface area contributed by atoms with Crippen LogP contribution in [0, 0.1) is 0 Å². The average molecular weight is 564 g/mol. The molecule has 0 unspecified atom stereocenters. The lowest BCUT2D eigenvalue weighted by atomic mass is 9.82. The molecule has 8 rings (SSSR count). The number of benzene rings is 7. The van der Waals surface area contributed by atoms with E-state index in [2.05, 4.69) is 183 Å². The fraction of sp³-hybridized carbons (Fsp3) is 0.0698. The third-order valence-corrected chi connectivity index (χ3v) is 9.26. The van der Waals surface area contributed by atoms with Gasteiger partial charge in [-0.05, 0) is 86.1 Å². The molecule has 0 aliphatic heterocycles. The van der Waals surface area contributed by atoms with Gasteiger partial charge >= 0.3 is 0 Å².